The summed E-state index contributed by atoms with van der Waals surface area (Å²) in [5, 5.41) is 7.90. The predicted octanol–water partition coefficient (Wildman–Crippen LogP) is -3.07. The molecule has 0 atom stereocenters. The molecule has 0 rings (SSSR count). The van der Waals surface area contributed by atoms with Crippen molar-refractivity contribution in [1.82, 2.24) is 0 Å². The molecule has 82 valence electrons. The molecule has 0 fully saturated rings. The van der Waals surface area contributed by atoms with Crippen LogP contribution in [0, 0.1) is 0 Å². The number of esters is 1. The Kier molecular flexibility index (Phi) is 35.5. The molecular weight excluding hydrogens is 257 g/mol. The Morgan fingerprint density at radius 2 is 1.50 bits per heavy atom. The van der Waals surface area contributed by atoms with Crippen molar-refractivity contribution < 1.29 is 39.5 Å². The number of carboxylic acid groups (broad SMARTS) is 1. The molecule has 0 aromatic carbocycles. The van der Waals surface area contributed by atoms with Crippen LogP contribution in [0.1, 0.15) is 6.42 Å². The van der Waals surface area contributed by atoms with Crippen molar-refractivity contribution in [2.45, 2.75) is 6.42 Å². The van der Waals surface area contributed by atoms with E-state index >= 15 is 0 Å². The van der Waals surface area contributed by atoms with E-state index in [2.05, 4.69) is 14.5 Å². The van der Waals surface area contributed by atoms with Crippen molar-refractivity contribution in [1.29, 1.82) is 0 Å². The third kappa shape index (κ3) is 20.7. The van der Waals surface area contributed by atoms with E-state index in [9.17, 15) is 14.4 Å². The summed E-state index contributed by atoms with van der Waals surface area (Å²) in [7, 11) is 1.07. The van der Waals surface area contributed by atoms with Gasteiger partial charge in [-0.15, -0.1) is 0 Å². The standard InChI is InChI=1S/C5H6O7.3Na.H2O.3H/c1-10-12-4(7)2-3(6)11-5(8)9;;;;;;;/h2H2,1H3,(H,8,9);;;;1H2;;;. The Hall–Kier alpha value is 1.33. The summed E-state index contributed by atoms with van der Waals surface area (Å²) in [6, 6.07) is 0. The Morgan fingerprint density at radius 3 is 1.81 bits per heavy atom. The molecule has 0 spiro atoms. The summed E-state index contributed by atoms with van der Waals surface area (Å²) >= 11 is 0. The maximum absolute atomic E-state index is 10.4. The fraction of sp³-hybridized carbons (Fsp3) is 0.400. The van der Waals surface area contributed by atoms with Gasteiger partial charge in [-0.25, -0.2) is 9.59 Å². The van der Waals surface area contributed by atoms with Crippen LogP contribution in [0.2, 0.25) is 0 Å². The molecule has 0 aliphatic carbocycles. The number of carbonyl (C=O) groups is 3. The fourth-order valence-electron chi connectivity index (χ4n) is 0.374. The van der Waals surface area contributed by atoms with Crippen LogP contribution in [0.5, 0.6) is 0 Å². The summed E-state index contributed by atoms with van der Waals surface area (Å²) in [5.41, 5.74) is 0. The van der Waals surface area contributed by atoms with Gasteiger partial charge in [0.2, 0.25) is 0 Å². The molecule has 8 nitrogen and oxygen atoms in total. The summed E-state index contributed by atoms with van der Waals surface area (Å²) in [4.78, 5) is 38.3. The summed E-state index contributed by atoms with van der Waals surface area (Å²) in [6.45, 7) is 0. The molecule has 11 heteroatoms. The molecule has 0 unspecified atom stereocenters. The Morgan fingerprint density at radius 1 is 1.06 bits per heavy atom. The van der Waals surface area contributed by atoms with Gasteiger partial charge in [0.15, 0.2) is 0 Å². The Balaban J connectivity index is -0.000000101. The van der Waals surface area contributed by atoms with Crippen molar-refractivity contribution in [3.8, 4) is 0 Å². The van der Waals surface area contributed by atoms with Crippen molar-refractivity contribution in [3.05, 3.63) is 0 Å². The van der Waals surface area contributed by atoms with E-state index in [4.69, 9.17) is 5.11 Å². The maximum atomic E-state index is 10.4. The third-order valence-electron chi connectivity index (χ3n) is 0.666. The number of carbonyl (C=O) groups excluding carboxylic acids is 2. The zero-order chi connectivity index (χ0) is 9.56. The van der Waals surface area contributed by atoms with Crippen LogP contribution in [0.25, 0.3) is 0 Å². The average Bonchev–Trinajstić information content (AvgIpc) is 1.84. The minimum absolute atomic E-state index is 0. The molecule has 0 aliphatic rings. The van der Waals surface area contributed by atoms with Gasteiger partial charge in [-0.1, -0.05) is 0 Å². The fourth-order valence-corrected chi connectivity index (χ4v) is 0.374. The molecule has 0 radical (unpaired) electrons. The molecule has 0 amide bonds. The molecule has 3 N–H and O–H groups in total. The Bertz CT molecular complexity index is 208. The van der Waals surface area contributed by atoms with E-state index in [-0.39, 0.29) is 94.1 Å². The van der Waals surface area contributed by atoms with Crippen molar-refractivity contribution in [3.63, 3.8) is 0 Å². The van der Waals surface area contributed by atoms with Gasteiger partial charge in [0.25, 0.3) is 0 Å². The monoisotopic (exact) mass is 268 g/mol. The minimum atomic E-state index is -1.77. The van der Waals surface area contributed by atoms with E-state index < -0.39 is 24.5 Å². The first kappa shape index (κ1) is 30.4. The van der Waals surface area contributed by atoms with Crippen molar-refractivity contribution in [2.75, 3.05) is 7.11 Å². The van der Waals surface area contributed by atoms with Crippen LogP contribution in [0.3, 0.4) is 0 Å². The topological polar surface area (TPSA) is 131 Å². The van der Waals surface area contributed by atoms with E-state index in [1.807, 2.05) is 0 Å². The third-order valence-corrected chi connectivity index (χ3v) is 0.666. The van der Waals surface area contributed by atoms with Crippen LogP contribution in [-0.2, 0) is 24.1 Å². The molecule has 0 bridgehead atoms. The molecule has 0 heterocycles. The zero-order valence-corrected chi connectivity index (χ0v) is 6.60. The van der Waals surface area contributed by atoms with Gasteiger partial charge < -0.3 is 15.3 Å². The second-order valence-electron chi connectivity index (χ2n) is 1.54. The quantitative estimate of drug-likeness (QED) is 0.189. The first-order valence-electron chi connectivity index (χ1n) is 2.73. The van der Waals surface area contributed by atoms with Crippen LogP contribution in [0.15, 0.2) is 0 Å². The molecule has 16 heavy (non-hydrogen) atoms. The van der Waals surface area contributed by atoms with Gasteiger partial charge in [0.05, 0.1) is 7.11 Å². The molecular formula is C5H11Na3O8. The van der Waals surface area contributed by atoms with Gasteiger partial charge in [-0.05, 0) is 0 Å². The van der Waals surface area contributed by atoms with E-state index in [0.717, 1.165) is 7.11 Å². The number of hydrogen-bond donors (Lipinski definition) is 1. The average molecular weight is 268 g/mol. The van der Waals surface area contributed by atoms with Gasteiger partial charge in [-0.2, -0.15) is 4.89 Å². The first-order chi connectivity index (χ1) is 5.56. The van der Waals surface area contributed by atoms with Gasteiger partial charge in [0, 0.05) is 0 Å². The zero-order valence-electron chi connectivity index (χ0n) is 6.60. The second kappa shape index (κ2) is 18.7. The number of rotatable bonds is 3. The molecule has 0 saturated carbocycles. The van der Waals surface area contributed by atoms with Gasteiger partial charge >= 0.3 is 107 Å². The van der Waals surface area contributed by atoms with Crippen LogP contribution in [-0.4, -0.2) is 124 Å². The van der Waals surface area contributed by atoms with Crippen molar-refractivity contribution >= 4 is 107 Å². The summed E-state index contributed by atoms with van der Waals surface area (Å²) < 4.78 is 3.59. The summed E-state index contributed by atoms with van der Waals surface area (Å²) in [6.07, 6.45) is -2.58. The van der Waals surface area contributed by atoms with Crippen LogP contribution >= 0.6 is 0 Å². The first-order valence-corrected chi connectivity index (χ1v) is 2.73. The van der Waals surface area contributed by atoms with Crippen LogP contribution in [0.4, 0.5) is 4.79 Å². The molecule has 0 saturated heterocycles. The van der Waals surface area contributed by atoms with Crippen LogP contribution < -0.4 is 0 Å². The van der Waals surface area contributed by atoms with Crippen molar-refractivity contribution in [2.24, 2.45) is 0 Å². The summed E-state index contributed by atoms with van der Waals surface area (Å²) in [5.74, 6) is -2.24. The Labute approximate surface area is 157 Å². The van der Waals surface area contributed by atoms with Gasteiger partial charge in [-0.3, -0.25) is 9.68 Å². The number of hydrogen-bond acceptors (Lipinski definition) is 6. The number of ether oxygens (including phenoxy) is 1. The van der Waals surface area contributed by atoms with Gasteiger partial charge in [0.1, 0.15) is 6.42 Å². The normalized spacial score (nSPS) is 6.56. The van der Waals surface area contributed by atoms with E-state index in [1.165, 1.54) is 0 Å². The molecule has 0 aliphatic heterocycles. The second-order valence-corrected chi connectivity index (χ2v) is 1.54. The van der Waals surface area contributed by atoms with E-state index in [1.54, 1.807) is 0 Å². The predicted molar refractivity (Wildman–Crippen MR) is 56.9 cm³/mol. The van der Waals surface area contributed by atoms with E-state index in [0.29, 0.717) is 0 Å². The SMILES string of the molecule is COOC(=O)CC(=O)OC(=O)O.O.[NaH].[NaH].[NaH]. The molecule has 0 aromatic rings. The molecule has 0 aromatic heterocycles.